The van der Waals surface area contributed by atoms with E-state index in [0.29, 0.717) is 18.1 Å². The highest BCUT2D eigenvalue weighted by Crippen LogP contribution is 2.34. The molecule has 0 radical (unpaired) electrons. The molecule has 8 heteroatoms. The van der Waals surface area contributed by atoms with E-state index in [1.165, 1.54) is 6.33 Å². The van der Waals surface area contributed by atoms with Crippen LogP contribution in [0.2, 0.25) is 0 Å². The zero-order valence-corrected chi connectivity index (χ0v) is 17.6. The van der Waals surface area contributed by atoms with Gasteiger partial charge >= 0.3 is 0 Å². The zero-order valence-electron chi connectivity index (χ0n) is 16.0. The standard InChI is InChI=1S/C22H19BrN6O/c23-15-4-1-13(2-5-15)16-9-18(29-22-20(16)21(24)27-12-28-22)14-3-6-17(26-10-14)19-11-25-7-8-30-19/h1-6,9-10,12,19,25H,7-8,11H2,(H2,24,27,28,29). The molecule has 1 aliphatic heterocycles. The van der Waals surface area contributed by atoms with Crippen LogP contribution >= 0.6 is 15.9 Å². The third kappa shape index (κ3) is 3.65. The van der Waals surface area contributed by atoms with Crippen molar-refractivity contribution in [3.05, 3.63) is 65.2 Å². The second-order valence-electron chi connectivity index (χ2n) is 7.05. The number of benzene rings is 1. The Morgan fingerprint density at radius 2 is 1.87 bits per heavy atom. The number of hydrogen-bond acceptors (Lipinski definition) is 7. The molecule has 0 spiro atoms. The first-order chi connectivity index (χ1) is 14.7. The van der Waals surface area contributed by atoms with Gasteiger partial charge in [-0.15, -0.1) is 0 Å². The number of nitrogen functional groups attached to an aromatic ring is 1. The summed E-state index contributed by atoms with van der Waals surface area (Å²) < 4.78 is 6.80. The molecule has 1 saturated heterocycles. The summed E-state index contributed by atoms with van der Waals surface area (Å²) in [4.78, 5) is 17.9. The van der Waals surface area contributed by atoms with Gasteiger partial charge in [-0.2, -0.15) is 0 Å². The molecule has 1 atom stereocenters. The first-order valence-electron chi connectivity index (χ1n) is 9.65. The summed E-state index contributed by atoms with van der Waals surface area (Å²) in [5.74, 6) is 0.410. The van der Waals surface area contributed by atoms with Crippen LogP contribution in [-0.2, 0) is 4.74 Å². The fourth-order valence-corrected chi connectivity index (χ4v) is 3.86. The Morgan fingerprint density at radius 3 is 2.60 bits per heavy atom. The topological polar surface area (TPSA) is 98.8 Å². The molecule has 0 saturated carbocycles. The number of morpholine rings is 1. The van der Waals surface area contributed by atoms with Crippen molar-refractivity contribution in [3.63, 3.8) is 0 Å². The molecule has 7 nitrogen and oxygen atoms in total. The fraction of sp³-hybridized carbons (Fsp3) is 0.182. The Balaban J connectivity index is 1.60. The Morgan fingerprint density at radius 1 is 1.03 bits per heavy atom. The van der Waals surface area contributed by atoms with Gasteiger partial charge in [-0.1, -0.05) is 28.1 Å². The quantitative estimate of drug-likeness (QED) is 0.477. The molecule has 1 fully saturated rings. The van der Waals surface area contributed by atoms with E-state index in [4.69, 9.17) is 15.5 Å². The van der Waals surface area contributed by atoms with E-state index in [0.717, 1.165) is 51.0 Å². The van der Waals surface area contributed by atoms with Gasteiger partial charge in [-0.05, 0) is 41.5 Å². The Hall–Kier alpha value is -2.94. The van der Waals surface area contributed by atoms with Crippen LogP contribution < -0.4 is 11.1 Å². The molecule has 0 amide bonds. The molecular formula is C22H19BrN6O. The van der Waals surface area contributed by atoms with Crippen LogP contribution in [0.4, 0.5) is 5.82 Å². The fourth-order valence-electron chi connectivity index (χ4n) is 3.60. The highest BCUT2D eigenvalue weighted by molar-refractivity contribution is 9.10. The smallest absolute Gasteiger partial charge is 0.165 e. The van der Waals surface area contributed by atoms with Gasteiger partial charge in [-0.3, -0.25) is 4.98 Å². The van der Waals surface area contributed by atoms with Gasteiger partial charge in [0.05, 0.1) is 23.4 Å². The summed E-state index contributed by atoms with van der Waals surface area (Å²) in [6.45, 7) is 2.34. The van der Waals surface area contributed by atoms with Crippen LogP contribution in [-0.4, -0.2) is 39.6 Å². The van der Waals surface area contributed by atoms with Crippen molar-refractivity contribution < 1.29 is 4.74 Å². The summed E-state index contributed by atoms with van der Waals surface area (Å²) >= 11 is 3.49. The number of nitrogens with one attached hydrogen (secondary N) is 1. The molecule has 1 aliphatic rings. The molecule has 150 valence electrons. The highest BCUT2D eigenvalue weighted by Gasteiger charge is 2.18. The van der Waals surface area contributed by atoms with Crippen LogP contribution in [0, 0.1) is 0 Å². The van der Waals surface area contributed by atoms with E-state index in [2.05, 4.69) is 36.2 Å². The van der Waals surface area contributed by atoms with E-state index in [1.54, 1.807) is 0 Å². The van der Waals surface area contributed by atoms with Gasteiger partial charge < -0.3 is 15.8 Å². The third-order valence-corrected chi connectivity index (χ3v) is 5.66. The van der Waals surface area contributed by atoms with E-state index >= 15 is 0 Å². The van der Waals surface area contributed by atoms with Crippen molar-refractivity contribution in [1.82, 2.24) is 25.3 Å². The first kappa shape index (κ1) is 19.0. The first-order valence-corrected chi connectivity index (χ1v) is 10.4. The average molecular weight is 463 g/mol. The van der Waals surface area contributed by atoms with Crippen molar-refractivity contribution >= 4 is 32.8 Å². The second-order valence-corrected chi connectivity index (χ2v) is 7.97. The number of ether oxygens (including phenoxy) is 1. The number of halogens is 1. The van der Waals surface area contributed by atoms with Gasteiger partial charge in [0.25, 0.3) is 0 Å². The number of aromatic nitrogens is 4. The van der Waals surface area contributed by atoms with Crippen LogP contribution in [0.15, 0.2) is 59.5 Å². The van der Waals surface area contributed by atoms with E-state index in [-0.39, 0.29) is 6.10 Å². The molecule has 4 aromatic rings. The molecule has 0 aliphatic carbocycles. The highest BCUT2D eigenvalue weighted by atomic mass is 79.9. The minimum absolute atomic E-state index is 0.0248. The molecule has 30 heavy (non-hydrogen) atoms. The maximum absolute atomic E-state index is 6.18. The lowest BCUT2D eigenvalue weighted by molar-refractivity contribution is 0.0250. The molecule has 0 bridgehead atoms. The Kier molecular flexibility index (Phi) is 5.12. The number of anilines is 1. The minimum atomic E-state index is -0.0248. The number of nitrogens with two attached hydrogens (primary N) is 1. The minimum Gasteiger partial charge on any atom is -0.383 e. The maximum atomic E-state index is 6.18. The number of nitrogens with zero attached hydrogens (tertiary/aromatic N) is 4. The zero-order chi connectivity index (χ0) is 20.5. The number of pyridine rings is 2. The molecular weight excluding hydrogens is 444 g/mol. The summed E-state index contributed by atoms with van der Waals surface area (Å²) in [7, 11) is 0. The summed E-state index contributed by atoms with van der Waals surface area (Å²) in [5.41, 5.74) is 11.3. The van der Waals surface area contributed by atoms with Crippen molar-refractivity contribution in [2.75, 3.05) is 25.4 Å². The number of rotatable bonds is 3. The van der Waals surface area contributed by atoms with E-state index in [1.807, 2.05) is 48.7 Å². The van der Waals surface area contributed by atoms with Crippen molar-refractivity contribution in [2.45, 2.75) is 6.10 Å². The van der Waals surface area contributed by atoms with Gasteiger partial charge in [0.1, 0.15) is 18.2 Å². The second kappa shape index (κ2) is 8.06. The van der Waals surface area contributed by atoms with Crippen molar-refractivity contribution in [3.8, 4) is 22.4 Å². The lowest BCUT2D eigenvalue weighted by Gasteiger charge is -2.23. The summed E-state index contributed by atoms with van der Waals surface area (Å²) in [6, 6.07) is 14.1. The summed E-state index contributed by atoms with van der Waals surface area (Å²) in [6.07, 6.45) is 3.24. The van der Waals surface area contributed by atoms with Gasteiger partial charge in [0, 0.05) is 29.3 Å². The average Bonchev–Trinajstić information content (AvgIpc) is 2.80. The molecule has 4 heterocycles. The Labute approximate surface area is 181 Å². The largest absolute Gasteiger partial charge is 0.383 e. The number of fused-ring (bicyclic) bond motifs is 1. The monoisotopic (exact) mass is 462 g/mol. The van der Waals surface area contributed by atoms with Crippen LogP contribution in [0.5, 0.6) is 0 Å². The predicted octanol–water partition coefficient (Wildman–Crippen LogP) is 3.76. The van der Waals surface area contributed by atoms with Gasteiger partial charge in [0.2, 0.25) is 0 Å². The molecule has 1 unspecified atom stereocenters. The van der Waals surface area contributed by atoms with Crippen LogP contribution in [0.1, 0.15) is 11.8 Å². The molecule has 3 aromatic heterocycles. The van der Waals surface area contributed by atoms with Crippen molar-refractivity contribution in [1.29, 1.82) is 0 Å². The van der Waals surface area contributed by atoms with Crippen LogP contribution in [0.3, 0.4) is 0 Å². The lowest BCUT2D eigenvalue weighted by atomic mass is 10.00. The number of hydrogen-bond donors (Lipinski definition) is 2. The van der Waals surface area contributed by atoms with Crippen molar-refractivity contribution in [2.24, 2.45) is 0 Å². The normalized spacial score (nSPS) is 16.6. The lowest BCUT2D eigenvalue weighted by Crippen LogP contribution is -2.33. The molecule has 3 N–H and O–H groups in total. The van der Waals surface area contributed by atoms with E-state index in [9.17, 15) is 0 Å². The SMILES string of the molecule is Nc1ncnc2nc(-c3ccc(C4CNCCO4)nc3)cc(-c3ccc(Br)cc3)c12. The summed E-state index contributed by atoms with van der Waals surface area (Å²) in [5, 5.41) is 4.07. The molecule has 5 rings (SSSR count). The van der Waals surface area contributed by atoms with Gasteiger partial charge in [0.15, 0.2) is 5.65 Å². The third-order valence-electron chi connectivity index (χ3n) is 5.13. The molecule has 1 aromatic carbocycles. The maximum Gasteiger partial charge on any atom is 0.165 e. The van der Waals surface area contributed by atoms with E-state index < -0.39 is 0 Å². The predicted molar refractivity (Wildman–Crippen MR) is 120 cm³/mol. The van der Waals surface area contributed by atoms with Crippen LogP contribution in [0.25, 0.3) is 33.4 Å². The Bertz CT molecular complexity index is 1190. The van der Waals surface area contributed by atoms with Gasteiger partial charge in [-0.25, -0.2) is 15.0 Å².